The van der Waals surface area contributed by atoms with Gasteiger partial charge < -0.3 is 10.0 Å². The molecule has 1 unspecified atom stereocenters. The van der Waals surface area contributed by atoms with Crippen molar-refractivity contribution >= 4 is 11.9 Å². The van der Waals surface area contributed by atoms with E-state index in [9.17, 15) is 9.59 Å². The predicted octanol–water partition coefficient (Wildman–Crippen LogP) is 1.75. The molecule has 0 aromatic heterocycles. The molecule has 0 aromatic carbocycles. The van der Waals surface area contributed by atoms with Crippen LogP contribution in [0.2, 0.25) is 0 Å². The SMILES string of the molecule is CCC(C)CC(=O)N(CC(=O)O)CC1CC1. The summed E-state index contributed by atoms with van der Waals surface area (Å²) in [4.78, 5) is 24.1. The lowest BCUT2D eigenvalue weighted by Crippen LogP contribution is -2.37. The van der Waals surface area contributed by atoms with E-state index in [1.807, 2.05) is 13.8 Å². The van der Waals surface area contributed by atoms with E-state index < -0.39 is 5.97 Å². The van der Waals surface area contributed by atoms with Crippen LogP contribution in [-0.2, 0) is 9.59 Å². The van der Waals surface area contributed by atoms with Gasteiger partial charge in [0.15, 0.2) is 0 Å². The van der Waals surface area contributed by atoms with Gasteiger partial charge in [0.1, 0.15) is 6.54 Å². The fourth-order valence-corrected chi connectivity index (χ4v) is 1.60. The third-order valence-corrected chi connectivity index (χ3v) is 3.07. The summed E-state index contributed by atoms with van der Waals surface area (Å²) in [7, 11) is 0. The Morgan fingerprint density at radius 1 is 1.44 bits per heavy atom. The molecule has 0 spiro atoms. The number of amides is 1. The fourth-order valence-electron chi connectivity index (χ4n) is 1.60. The Morgan fingerprint density at radius 2 is 2.06 bits per heavy atom. The molecule has 1 aliphatic carbocycles. The van der Waals surface area contributed by atoms with Crippen molar-refractivity contribution in [2.75, 3.05) is 13.1 Å². The second kappa shape index (κ2) is 5.87. The third kappa shape index (κ3) is 4.64. The summed E-state index contributed by atoms with van der Waals surface area (Å²) in [5.41, 5.74) is 0. The van der Waals surface area contributed by atoms with E-state index in [0.29, 0.717) is 24.8 Å². The number of carbonyl (C=O) groups excluding carboxylic acids is 1. The van der Waals surface area contributed by atoms with E-state index in [1.165, 1.54) is 4.90 Å². The first-order valence-electron chi connectivity index (χ1n) is 6.02. The molecule has 0 radical (unpaired) electrons. The lowest BCUT2D eigenvalue weighted by Gasteiger charge is -2.22. The number of hydrogen-bond acceptors (Lipinski definition) is 2. The van der Waals surface area contributed by atoms with Gasteiger partial charge in [-0.05, 0) is 24.7 Å². The molecular weight excluding hydrogens is 206 g/mol. The Kier molecular flexibility index (Phi) is 4.77. The number of nitrogens with zero attached hydrogens (tertiary/aromatic N) is 1. The standard InChI is InChI=1S/C12H21NO3/c1-3-9(2)6-11(14)13(8-12(15)16)7-10-4-5-10/h9-10H,3-8H2,1-2H3,(H,15,16). The van der Waals surface area contributed by atoms with E-state index in [2.05, 4.69) is 0 Å². The minimum Gasteiger partial charge on any atom is -0.480 e. The van der Waals surface area contributed by atoms with Crippen LogP contribution >= 0.6 is 0 Å². The molecule has 16 heavy (non-hydrogen) atoms. The van der Waals surface area contributed by atoms with Gasteiger partial charge in [-0.3, -0.25) is 9.59 Å². The summed E-state index contributed by atoms with van der Waals surface area (Å²) >= 11 is 0. The second-order valence-corrected chi connectivity index (χ2v) is 4.83. The zero-order valence-corrected chi connectivity index (χ0v) is 10.1. The van der Waals surface area contributed by atoms with Crippen molar-refractivity contribution < 1.29 is 14.7 Å². The molecule has 1 amide bonds. The van der Waals surface area contributed by atoms with Gasteiger partial charge in [0, 0.05) is 13.0 Å². The average Bonchev–Trinajstić information content (AvgIpc) is 2.99. The van der Waals surface area contributed by atoms with Crippen molar-refractivity contribution in [1.29, 1.82) is 0 Å². The summed E-state index contributed by atoms with van der Waals surface area (Å²) in [6.07, 6.45) is 3.69. The number of carboxylic acids is 1. The molecular formula is C12H21NO3. The van der Waals surface area contributed by atoms with Crippen LogP contribution in [0.15, 0.2) is 0 Å². The molecule has 1 atom stereocenters. The van der Waals surface area contributed by atoms with Gasteiger partial charge in [-0.25, -0.2) is 0 Å². The average molecular weight is 227 g/mol. The Balaban J connectivity index is 2.45. The number of hydrogen-bond donors (Lipinski definition) is 1. The highest BCUT2D eigenvalue weighted by atomic mass is 16.4. The highest BCUT2D eigenvalue weighted by Gasteiger charge is 2.28. The van der Waals surface area contributed by atoms with Gasteiger partial charge >= 0.3 is 5.97 Å². The highest BCUT2D eigenvalue weighted by molar-refractivity contribution is 5.81. The molecule has 1 aliphatic rings. The highest BCUT2D eigenvalue weighted by Crippen LogP contribution is 2.30. The fraction of sp³-hybridized carbons (Fsp3) is 0.833. The number of aliphatic carboxylic acids is 1. The Bertz CT molecular complexity index is 261. The van der Waals surface area contributed by atoms with Gasteiger partial charge in [0.05, 0.1) is 0 Å². The number of carbonyl (C=O) groups is 2. The first kappa shape index (κ1) is 13.0. The number of rotatable bonds is 7. The quantitative estimate of drug-likeness (QED) is 0.720. The van der Waals surface area contributed by atoms with Crippen LogP contribution in [-0.4, -0.2) is 35.0 Å². The van der Waals surface area contributed by atoms with E-state index in [1.54, 1.807) is 0 Å². The van der Waals surface area contributed by atoms with Crippen molar-refractivity contribution in [3.8, 4) is 0 Å². The lowest BCUT2D eigenvalue weighted by molar-refractivity contribution is -0.145. The first-order chi connectivity index (χ1) is 7.52. The summed E-state index contributed by atoms with van der Waals surface area (Å²) in [6, 6.07) is 0. The molecule has 0 saturated heterocycles. The topological polar surface area (TPSA) is 57.6 Å². The smallest absolute Gasteiger partial charge is 0.323 e. The zero-order chi connectivity index (χ0) is 12.1. The van der Waals surface area contributed by atoms with Crippen molar-refractivity contribution in [2.45, 2.75) is 39.5 Å². The molecule has 1 N–H and O–H groups in total. The van der Waals surface area contributed by atoms with Crippen LogP contribution in [0.4, 0.5) is 0 Å². The largest absolute Gasteiger partial charge is 0.480 e. The van der Waals surface area contributed by atoms with Crippen molar-refractivity contribution in [2.24, 2.45) is 11.8 Å². The van der Waals surface area contributed by atoms with Crippen LogP contribution in [0.3, 0.4) is 0 Å². The predicted molar refractivity (Wildman–Crippen MR) is 61.0 cm³/mol. The maximum absolute atomic E-state index is 11.9. The Hall–Kier alpha value is -1.06. The lowest BCUT2D eigenvalue weighted by atomic mass is 10.0. The maximum Gasteiger partial charge on any atom is 0.323 e. The van der Waals surface area contributed by atoms with Crippen molar-refractivity contribution in [3.63, 3.8) is 0 Å². The monoisotopic (exact) mass is 227 g/mol. The van der Waals surface area contributed by atoms with Crippen LogP contribution in [0.25, 0.3) is 0 Å². The van der Waals surface area contributed by atoms with E-state index in [-0.39, 0.29) is 12.5 Å². The van der Waals surface area contributed by atoms with Gasteiger partial charge in [-0.2, -0.15) is 0 Å². The molecule has 1 rings (SSSR count). The number of carboxylic acid groups (broad SMARTS) is 1. The molecule has 0 bridgehead atoms. The summed E-state index contributed by atoms with van der Waals surface area (Å²) in [5, 5.41) is 8.76. The third-order valence-electron chi connectivity index (χ3n) is 3.07. The van der Waals surface area contributed by atoms with E-state index in [0.717, 1.165) is 19.3 Å². The molecule has 4 nitrogen and oxygen atoms in total. The van der Waals surface area contributed by atoms with Crippen molar-refractivity contribution in [3.05, 3.63) is 0 Å². The summed E-state index contributed by atoms with van der Waals surface area (Å²) < 4.78 is 0. The van der Waals surface area contributed by atoms with Crippen molar-refractivity contribution in [1.82, 2.24) is 4.90 Å². The zero-order valence-electron chi connectivity index (χ0n) is 10.1. The Labute approximate surface area is 96.6 Å². The summed E-state index contributed by atoms with van der Waals surface area (Å²) in [5.74, 6) is -0.0509. The van der Waals surface area contributed by atoms with Gasteiger partial charge in [-0.1, -0.05) is 20.3 Å². The minimum atomic E-state index is -0.918. The van der Waals surface area contributed by atoms with E-state index in [4.69, 9.17) is 5.11 Å². The van der Waals surface area contributed by atoms with Gasteiger partial charge in [0.25, 0.3) is 0 Å². The molecule has 1 saturated carbocycles. The van der Waals surface area contributed by atoms with Crippen LogP contribution in [0.5, 0.6) is 0 Å². The van der Waals surface area contributed by atoms with Gasteiger partial charge in [-0.15, -0.1) is 0 Å². The Morgan fingerprint density at radius 3 is 2.50 bits per heavy atom. The molecule has 0 heterocycles. The molecule has 4 heteroatoms. The van der Waals surface area contributed by atoms with Crippen LogP contribution in [0, 0.1) is 11.8 Å². The molecule has 0 aromatic rings. The van der Waals surface area contributed by atoms with Gasteiger partial charge in [0.2, 0.25) is 5.91 Å². The maximum atomic E-state index is 11.9. The first-order valence-corrected chi connectivity index (χ1v) is 6.02. The normalized spacial score (nSPS) is 16.9. The molecule has 92 valence electrons. The second-order valence-electron chi connectivity index (χ2n) is 4.83. The summed E-state index contributed by atoms with van der Waals surface area (Å²) in [6.45, 7) is 4.54. The molecule has 1 fully saturated rings. The van der Waals surface area contributed by atoms with Crippen LogP contribution < -0.4 is 0 Å². The minimum absolute atomic E-state index is 0.0105. The van der Waals surface area contributed by atoms with Crippen LogP contribution in [0.1, 0.15) is 39.5 Å². The van der Waals surface area contributed by atoms with E-state index >= 15 is 0 Å². The molecule has 0 aliphatic heterocycles.